The molecule has 1 aliphatic rings. The fraction of sp³-hybridized carbons (Fsp3) is 0.450. The van der Waals surface area contributed by atoms with Crippen molar-refractivity contribution in [2.45, 2.75) is 25.9 Å². The minimum Gasteiger partial charge on any atom is -0.348 e. The van der Waals surface area contributed by atoms with Gasteiger partial charge in [0.05, 0.1) is 6.04 Å². The van der Waals surface area contributed by atoms with Gasteiger partial charge in [-0.25, -0.2) is 0 Å². The van der Waals surface area contributed by atoms with Gasteiger partial charge in [-0.1, -0.05) is 23.8 Å². The number of nitrogens with one attached hydrogen (secondary N) is 1. The minimum atomic E-state index is 0.00295. The summed E-state index contributed by atoms with van der Waals surface area (Å²) in [4.78, 5) is 18.8. The molecule has 0 spiro atoms. The number of nitrogens with zero attached hydrogens (tertiary/aromatic N) is 2. The second-order valence-electron chi connectivity index (χ2n) is 6.93. The number of amides is 1. The normalized spacial score (nSPS) is 18.7. The molecule has 1 aliphatic heterocycles. The average Bonchev–Trinajstić information content (AvgIpc) is 3.11. The maximum Gasteiger partial charge on any atom is 0.251 e. The van der Waals surface area contributed by atoms with E-state index in [1.165, 1.54) is 10.4 Å². The molecule has 2 heterocycles. The summed E-state index contributed by atoms with van der Waals surface area (Å²) in [5.41, 5.74) is 1.89. The lowest BCUT2D eigenvalue weighted by Gasteiger charge is -2.40. The number of aryl methyl sites for hydroxylation is 1. The zero-order chi connectivity index (χ0) is 17.8. The molecule has 0 radical (unpaired) electrons. The second kappa shape index (κ2) is 8.13. The van der Waals surface area contributed by atoms with Crippen LogP contribution in [-0.4, -0.2) is 55.0 Å². The van der Waals surface area contributed by atoms with Crippen LogP contribution in [0.4, 0.5) is 0 Å². The Morgan fingerprint density at radius 1 is 1.12 bits per heavy atom. The van der Waals surface area contributed by atoms with E-state index in [1.807, 2.05) is 31.2 Å². The van der Waals surface area contributed by atoms with Crippen LogP contribution in [0.15, 0.2) is 41.8 Å². The molecule has 1 aromatic heterocycles. The van der Waals surface area contributed by atoms with E-state index in [0.717, 1.165) is 31.7 Å². The third kappa shape index (κ3) is 4.48. The number of carbonyl (C=O) groups is 1. The molecule has 4 nitrogen and oxygen atoms in total. The Morgan fingerprint density at radius 3 is 2.40 bits per heavy atom. The molecule has 2 atom stereocenters. The van der Waals surface area contributed by atoms with Crippen molar-refractivity contribution in [1.82, 2.24) is 15.1 Å². The Bertz CT molecular complexity index is 675. The van der Waals surface area contributed by atoms with E-state index in [1.54, 1.807) is 11.3 Å². The monoisotopic (exact) mass is 357 g/mol. The van der Waals surface area contributed by atoms with Gasteiger partial charge in [0.2, 0.25) is 0 Å². The van der Waals surface area contributed by atoms with Gasteiger partial charge in [-0.3, -0.25) is 9.69 Å². The van der Waals surface area contributed by atoms with Crippen molar-refractivity contribution in [3.05, 3.63) is 57.8 Å². The topological polar surface area (TPSA) is 35.6 Å². The van der Waals surface area contributed by atoms with Crippen LogP contribution in [0.25, 0.3) is 0 Å². The van der Waals surface area contributed by atoms with E-state index >= 15 is 0 Å². The van der Waals surface area contributed by atoms with Gasteiger partial charge in [0, 0.05) is 42.7 Å². The summed E-state index contributed by atoms with van der Waals surface area (Å²) < 4.78 is 0. The first-order valence-corrected chi connectivity index (χ1v) is 9.76. The summed E-state index contributed by atoms with van der Waals surface area (Å²) >= 11 is 1.77. The molecule has 134 valence electrons. The van der Waals surface area contributed by atoms with Gasteiger partial charge in [-0.05, 0) is 44.5 Å². The Kier molecular flexibility index (Phi) is 5.89. The summed E-state index contributed by atoms with van der Waals surface area (Å²) in [7, 11) is 2.17. The zero-order valence-electron chi connectivity index (χ0n) is 15.2. The summed E-state index contributed by atoms with van der Waals surface area (Å²) in [6.45, 7) is 8.36. The van der Waals surface area contributed by atoms with Crippen molar-refractivity contribution in [3.8, 4) is 0 Å². The first-order valence-electron chi connectivity index (χ1n) is 8.88. The predicted octanol–water partition coefficient (Wildman–Crippen LogP) is 3.16. The van der Waals surface area contributed by atoms with Crippen LogP contribution in [0.2, 0.25) is 0 Å². The van der Waals surface area contributed by atoms with Crippen LogP contribution in [-0.2, 0) is 0 Å². The zero-order valence-corrected chi connectivity index (χ0v) is 16.1. The minimum absolute atomic E-state index is 0.00295. The van der Waals surface area contributed by atoms with Gasteiger partial charge in [-0.15, -0.1) is 11.3 Å². The van der Waals surface area contributed by atoms with E-state index in [9.17, 15) is 4.79 Å². The predicted molar refractivity (Wildman–Crippen MR) is 104 cm³/mol. The van der Waals surface area contributed by atoms with Gasteiger partial charge < -0.3 is 10.2 Å². The molecule has 0 bridgehead atoms. The Morgan fingerprint density at radius 2 is 1.80 bits per heavy atom. The number of piperazine rings is 1. The van der Waals surface area contributed by atoms with E-state index in [4.69, 9.17) is 0 Å². The van der Waals surface area contributed by atoms with E-state index in [0.29, 0.717) is 0 Å². The maximum atomic E-state index is 12.6. The molecular weight excluding hydrogens is 330 g/mol. The molecule has 1 aromatic carbocycles. The second-order valence-corrected chi connectivity index (χ2v) is 7.91. The van der Waals surface area contributed by atoms with Crippen molar-refractivity contribution in [2.75, 3.05) is 33.2 Å². The fourth-order valence-corrected chi connectivity index (χ4v) is 4.34. The highest BCUT2D eigenvalue weighted by Gasteiger charge is 2.30. The van der Waals surface area contributed by atoms with Gasteiger partial charge >= 0.3 is 0 Å². The molecule has 1 N–H and O–H groups in total. The number of hydrogen-bond donors (Lipinski definition) is 1. The Labute approximate surface area is 154 Å². The number of carbonyl (C=O) groups excluding carboxylic acids is 1. The summed E-state index contributed by atoms with van der Waals surface area (Å²) in [5.74, 6) is 0.00295. The van der Waals surface area contributed by atoms with Gasteiger partial charge in [0.15, 0.2) is 0 Å². The molecular formula is C20H27N3OS. The largest absolute Gasteiger partial charge is 0.348 e. The van der Waals surface area contributed by atoms with Crippen LogP contribution in [0.1, 0.15) is 33.8 Å². The van der Waals surface area contributed by atoms with Crippen LogP contribution >= 0.6 is 11.3 Å². The Balaban J connectivity index is 1.74. The van der Waals surface area contributed by atoms with Crippen molar-refractivity contribution >= 4 is 17.2 Å². The molecule has 0 saturated carbocycles. The highest BCUT2D eigenvalue weighted by Crippen LogP contribution is 2.29. The van der Waals surface area contributed by atoms with Crippen LogP contribution < -0.4 is 5.32 Å². The van der Waals surface area contributed by atoms with Gasteiger partial charge in [0.25, 0.3) is 5.91 Å². The third-order valence-corrected chi connectivity index (χ3v) is 5.86. The van der Waals surface area contributed by atoms with Crippen molar-refractivity contribution in [3.63, 3.8) is 0 Å². The summed E-state index contributed by atoms with van der Waals surface area (Å²) in [6, 6.07) is 12.3. The number of benzene rings is 1. The smallest absolute Gasteiger partial charge is 0.251 e. The van der Waals surface area contributed by atoms with E-state index in [2.05, 4.69) is 46.6 Å². The quantitative estimate of drug-likeness (QED) is 0.893. The SMILES string of the molecule is Cc1ccc(C(=O)N[C@H](C)[C@H](c2cccs2)N2CCN(C)CC2)cc1. The molecule has 0 unspecified atom stereocenters. The lowest BCUT2D eigenvalue weighted by Crippen LogP contribution is -2.51. The first-order chi connectivity index (χ1) is 12.0. The van der Waals surface area contributed by atoms with Crippen molar-refractivity contribution < 1.29 is 4.79 Å². The molecule has 1 amide bonds. The molecule has 5 heteroatoms. The number of rotatable bonds is 5. The molecule has 25 heavy (non-hydrogen) atoms. The highest BCUT2D eigenvalue weighted by molar-refractivity contribution is 7.10. The fourth-order valence-electron chi connectivity index (χ4n) is 3.38. The standard InChI is InChI=1S/C20H27N3OS/c1-15-6-8-17(9-7-15)20(24)21-16(2)19(18-5-4-14-25-18)23-12-10-22(3)11-13-23/h4-9,14,16,19H,10-13H2,1-3H3,(H,21,24)/t16-,19-/m1/s1. The lowest BCUT2D eigenvalue weighted by atomic mass is 10.0. The number of thiophene rings is 1. The number of likely N-dealkylation sites (N-methyl/N-ethyl adjacent to an activating group) is 1. The van der Waals surface area contributed by atoms with E-state index in [-0.39, 0.29) is 18.0 Å². The van der Waals surface area contributed by atoms with Crippen molar-refractivity contribution in [2.24, 2.45) is 0 Å². The summed E-state index contributed by atoms with van der Waals surface area (Å²) in [6.07, 6.45) is 0. The molecule has 2 aromatic rings. The molecule has 1 saturated heterocycles. The van der Waals surface area contributed by atoms with Gasteiger partial charge in [-0.2, -0.15) is 0 Å². The van der Waals surface area contributed by atoms with E-state index < -0.39 is 0 Å². The molecule has 1 fully saturated rings. The number of hydrogen-bond acceptors (Lipinski definition) is 4. The van der Waals surface area contributed by atoms with Crippen molar-refractivity contribution in [1.29, 1.82) is 0 Å². The summed E-state index contributed by atoms with van der Waals surface area (Å²) in [5, 5.41) is 5.34. The molecule has 3 rings (SSSR count). The van der Waals surface area contributed by atoms with Crippen LogP contribution in [0.3, 0.4) is 0 Å². The van der Waals surface area contributed by atoms with Crippen LogP contribution in [0, 0.1) is 6.92 Å². The van der Waals surface area contributed by atoms with Crippen LogP contribution in [0.5, 0.6) is 0 Å². The molecule has 0 aliphatic carbocycles. The highest BCUT2D eigenvalue weighted by atomic mass is 32.1. The Hall–Kier alpha value is -1.69. The van der Waals surface area contributed by atoms with Gasteiger partial charge in [0.1, 0.15) is 0 Å². The average molecular weight is 358 g/mol. The maximum absolute atomic E-state index is 12.6. The first kappa shape index (κ1) is 18.1. The third-order valence-electron chi connectivity index (χ3n) is 4.91. The lowest BCUT2D eigenvalue weighted by molar-refractivity contribution is 0.0799.